The number of pyridine rings is 1. The van der Waals surface area contributed by atoms with Gasteiger partial charge in [0.05, 0.1) is 0 Å². The van der Waals surface area contributed by atoms with Crippen molar-refractivity contribution in [3.63, 3.8) is 0 Å². The molecule has 0 saturated heterocycles. The maximum Gasteiger partial charge on any atom is 0.126 e. The molecule has 0 saturated carbocycles. The van der Waals surface area contributed by atoms with Crippen molar-refractivity contribution >= 4 is 21.7 Å². The van der Waals surface area contributed by atoms with Gasteiger partial charge >= 0.3 is 0 Å². The standard InChI is InChI=1S/C14H18BrN3/c1-10-7-13(17-8-11(10)15)18-9-14(2,3)12-5-4-6-16-12/h4-8,16H,9H2,1-3H3,(H,17,18). The van der Waals surface area contributed by atoms with E-state index in [1.54, 1.807) is 0 Å². The fourth-order valence-electron chi connectivity index (χ4n) is 1.79. The molecule has 96 valence electrons. The average Bonchev–Trinajstić information content (AvgIpc) is 2.85. The number of hydrogen-bond donors (Lipinski definition) is 2. The van der Waals surface area contributed by atoms with Gasteiger partial charge in [0.25, 0.3) is 0 Å². The molecule has 2 heterocycles. The van der Waals surface area contributed by atoms with Gasteiger partial charge in [-0.15, -0.1) is 0 Å². The van der Waals surface area contributed by atoms with Gasteiger partial charge in [-0.2, -0.15) is 0 Å². The van der Waals surface area contributed by atoms with E-state index in [-0.39, 0.29) is 5.41 Å². The molecule has 2 N–H and O–H groups in total. The number of aryl methyl sites for hydroxylation is 1. The van der Waals surface area contributed by atoms with Crippen LogP contribution < -0.4 is 5.32 Å². The number of H-pyrrole nitrogens is 1. The first-order valence-electron chi connectivity index (χ1n) is 5.99. The summed E-state index contributed by atoms with van der Waals surface area (Å²) in [6.07, 6.45) is 3.79. The molecule has 0 aliphatic rings. The highest BCUT2D eigenvalue weighted by Gasteiger charge is 2.21. The number of nitrogens with one attached hydrogen (secondary N) is 2. The summed E-state index contributed by atoms with van der Waals surface area (Å²) in [5, 5.41) is 3.39. The van der Waals surface area contributed by atoms with Gasteiger partial charge in [0.2, 0.25) is 0 Å². The first-order chi connectivity index (χ1) is 8.49. The van der Waals surface area contributed by atoms with Crippen molar-refractivity contribution in [2.75, 3.05) is 11.9 Å². The minimum absolute atomic E-state index is 0.0478. The number of rotatable bonds is 4. The Morgan fingerprint density at radius 1 is 1.44 bits per heavy atom. The van der Waals surface area contributed by atoms with Crippen LogP contribution in [0.5, 0.6) is 0 Å². The van der Waals surface area contributed by atoms with Crippen molar-refractivity contribution in [2.24, 2.45) is 0 Å². The second-order valence-corrected chi connectivity index (χ2v) is 5.99. The molecule has 0 aliphatic carbocycles. The van der Waals surface area contributed by atoms with E-state index in [9.17, 15) is 0 Å². The fraction of sp³-hybridized carbons (Fsp3) is 0.357. The molecular weight excluding hydrogens is 290 g/mol. The third-order valence-corrected chi connectivity index (χ3v) is 3.92. The molecule has 2 aromatic heterocycles. The first kappa shape index (κ1) is 13.1. The first-order valence-corrected chi connectivity index (χ1v) is 6.78. The third kappa shape index (κ3) is 2.93. The maximum absolute atomic E-state index is 4.36. The highest BCUT2D eigenvalue weighted by molar-refractivity contribution is 9.10. The predicted molar refractivity (Wildman–Crippen MR) is 79.0 cm³/mol. The number of aromatic nitrogens is 2. The van der Waals surface area contributed by atoms with Gasteiger partial charge < -0.3 is 10.3 Å². The van der Waals surface area contributed by atoms with Crippen LogP contribution in [0.4, 0.5) is 5.82 Å². The van der Waals surface area contributed by atoms with E-state index in [2.05, 4.69) is 64.1 Å². The number of hydrogen-bond acceptors (Lipinski definition) is 2. The van der Waals surface area contributed by atoms with Crippen molar-refractivity contribution in [1.82, 2.24) is 9.97 Å². The molecule has 0 amide bonds. The lowest BCUT2D eigenvalue weighted by Crippen LogP contribution is -2.28. The Morgan fingerprint density at radius 2 is 2.22 bits per heavy atom. The molecular formula is C14H18BrN3. The fourth-order valence-corrected chi connectivity index (χ4v) is 2.01. The monoisotopic (exact) mass is 307 g/mol. The summed E-state index contributed by atoms with van der Waals surface area (Å²) >= 11 is 3.46. The molecule has 0 bridgehead atoms. The normalized spacial score (nSPS) is 11.6. The van der Waals surface area contributed by atoms with Crippen molar-refractivity contribution in [3.05, 3.63) is 46.3 Å². The van der Waals surface area contributed by atoms with Gasteiger partial charge in [0.15, 0.2) is 0 Å². The van der Waals surface area contributed by atoms with Gasteiger partial charge in [-0.25, -0.2) is 4.98 Å². The molecule has 0 fully saturated rings. The van der Waals surface area contributed by atoms with Crippen molar-refractivity contribution in [2.45, 2.75) is 26.2 Å². The Balaban J connectivity index is 2.05. The lowest BCUT2D eigenvalue weighted by Gasteiger charge is -2.24. The molecule has 0 unspecified atom stereocenters. The van der Waals surface area contributed by atoms with Crippen molar-refractivity contribution in [3.8, 4) is 0 Å². The van der Waals surface area contributed by atoms with E-state index in [4.69, 9.17) is 0 Å². The highest BCUT2D eigenvalue weighted by Crippen LogP contribution is 2.23. The Kier molecular flexibility index (Phi) is 3.76. The molecule has 0 atom stereocenters. The summed E-state index contributed by atoms with van der Waals surface area (Å²) in [7, 11) is 0. The second kappa shape index (κ2) is 5.14. The Hall–Kier alpha value is -1.29. The predicted octanol–water partition coefficient (Wildman–Crippen LogP) is 3.87. The molecule has 3 nitrogen and oxygen atoms in total. The van der Waals surface area contributed by atoms with E-state index >= 15 is 0 Å². The van der Waals surface area contributed by atoms with Crippen molar-refractivity contribution in [1.29, 1.82) is 0 Å². The van der Waals surface area contributed by atoms with E-state index in [1.807, 2.05) is 18.5 Å². The lowest BCUT2D eigenvalue weighted by molar-refractivity contribution is 0.541. The largest absolute Gasteiger partial charge is 0.369 e. The molecule has 0 spiro atoms. The molecule has 2 aromatic rings. The SMILES string of the molecule is Cc1cc(NCC(C)(C)c2ccc[nH]2)ncc1Br. The third-order valence-electron chi connectivity index (χ3n) is 3.09. The van der Waals surface area contributed by atoms with Crippen LogP contribution in [0.15, 0.2) is 35.1 Å². The Morgan fingerprint density at radius 3 is 2.83 bits per heavy atom. The van der Waals surface area contributed by atoms with Crippen LogP contribution >= 0.6 is 15.9 Å². The summed E-state index contributed by atoms with van der Waals surface area (Å²) in [6.45, 7) is 7.31. The van der Waals surface area contributed by atoms with Gasteiger partial charge in [-0.05, 0) is 46.6 Å². The van der Waals surface area contributed by atoms with Crippen LogP contribution in [-0.2, 0) is 5.41 Å². The quantitative estimate of drug-likeness (QED) is 0.900. The van der Waals surface area contributed by atoms with Gasteiger partial charge in [-0.1, -0.05) is 13.8 Å². The van der Waals surface area contributed by atoms with Crippen molar-refractivity contribution < 1.29 is 0 Å². The zero-order chi connectivity index (χ0) is 13.2. The van der Waals surface area contributed by atoms with E-state index in [0.29, 0.717) is 0 Å². The number of nitrogens with zero attached hydrogens (tertiary/aromatic N) is 1. The van der Waals surface area contributed by atoms with Crippen LogP contribution in [0, 0.1) is 6.92 Å². The maximum atomic E-state index is 4.36. The van der Waals surface area contributed by atoms with Gasteiger partial charge in [0, 0.05) is 34.5 Å². The van der Waals surface area contributed by atoms with Crippen LogP contribution in [0.3, 0.4) is 0 Å². The summed E-state index contributed by atoms with van der Waals surface area (Å²) in [4.78, 5) is 7.62. The van der Waals surface area contributed by atoms with Crippen LogP contribution in [0.25, 0.3) is 0 Å². The lowest BCUT2D eigenvalue weighted by atomic mass is 9.89. The smallest absolute Gasteiger partial charge is 0.126 e. The Bertz CT molecular complexity index is 518. The van der Waals surface area contributed by atoms with E-state index in [0.717, 1.165) is 16.8 Å². The summed E-state index contributed by atoms with van der Waals surface area (Å²) in [5.74, 6) is 0.912. The zero-order valence-corrected chi connectivity index (χ0v) is 12.5. The minimum Gasteiger partial charge on any atom is -0.369 e. The molecule has 18 heavy (non-hydrogen) atoms. The van der Waals surface area contributed by atoms with Gasteiger partial charge in [-0.3, -0.25) is 0 Å². The summed E-state index contributed by atoms with van der Waals surface area (Å²) < 4.78 is 1.04. The molecule has 0 aliphatic heterocycles. The summed E-state index contributed by atoms with van der Waals surface area (Å²) in [6, 6.07) is 6.19. The number of halogens is 1. The molecule has 4 heteroatoms. The number of anilines is 1. The van der Waals surface area contributed by atoms with Crippen LogP contribution in [-0.4, -0.2) is 16.5 Å². The zero-order valence-electron chi connectivity index (χ0n) is 10.9. The van der Waals surface area contributed by atoms with Crippen LogP contribution in [0.1, 0.15) is 25.1 Å². The molecule has 2 rings (SSSR count). The minimum atomic E-state index is 0.0478. The molecule has 0 radical (unpaired) electrons. The molecule has 0 aromatic carbocycles. The Labute approximate surface area is 116 Å². The topological polar surface area (TPSA) is 40.7 Å². The highest BCUT2D eigenvalue weighted by atomic mass is 79.9. The van der Waals surface area contributed by atoms with E-state index in [1.165, 1.54) is 11.3 Å². The van der Waals surface area contributed by atoms with E-state index < -0.39 is 0 Å². The second-order valence-electron chi connectivity index (χ2n) is 5.14. The van der Waals surface area contributed by atoms with Gasteiger partial charge in [0.1, 0.15) is 5.82 Å². The van der Waals surface area contributed by atoms with Crippen LogP contribution in [0.2, 0.25) is 0 Å². The summed E-state index contributed by atoms with van der Waals surface area (Å²) in [5.41, 5.74) is 2.46. The number of aromatic amines is 1. The average molecular weight is 308 g/mol.